The number of carbonyl (C=O) groups excluding carboxylic acids is 1. The molecule has 26 heavy (non-hydrogen) atoms. The number of rotatable bonds is 4. The lowest BCUT2D eigenvalue weighted by molar-refractivity contribution is 0.0727. The minimum atomic E-state index is -0.562. The van der Waals surface area contributed by atoms with Crippen LogP contribution in [0.2, 0.25) is 0 Å². The van der Waals surface area contributed by atoms with Gasteiger partial charge in [0.2, 0.25) is 5.69 Å². The number of aromatic nitrogens is 2. The number of para-hydroxylation sites is 1. The number of carbonyl (C=O) groups is 1. The lowest BCUT2D eigenvalue weighted by Crippen LogP contribution is -2.11. The van der Waals surface area contributed by atoms with Gasteiger partial charge in [0, 0.05) is 5.39 Å². The number of methoxy groups -OCH3 is 1. The van der Waals surface area contributed by atoms with Crippen LogP contribution in [0.15, 0.2) is 79.0 Å². The van der Waals surface area contributed by atoms with Gasteiger partial charge in [0.25, 0.3) is 0 Å². The summed E-state index contributed by atoms with van der Waals surface area (Å²) >= 11 is 0. The highest BCUT2D eigenvalue weighted by molar-refractivity contribution is 5.96. The molecule has 0 saturated heterocycles. The van der Waals surface area contributed by atoms with Crippen molar-refractivity contribution < 1.29 is 14.3 Å². The number of esters is 1. The van der Waals surface area contributed by atoms with Crippen molar-refractivity contribution in [1.29, 1.82) is 0 Å². The van der Waals surface area contributed by atoms with Crippen molar-refractivity contribution in [2.45, 2.75) is 0 Å². The molecule has 0 saturated carbocycles. The number of hydrogen-bond donors (Lipinski definition) is 0. The van der Waals surface area contributed by atoms with E-state index in [0.717, 1.165) is 16.5 Å². The Morgan fingerprint density at radius 2 is 1.62 bits per heavy atom. The summed E-state index contributed by atoms with van der Waals surface area (Å²) in [5, 5.41) is 6.21. The van der Waals surface area contributed by atoms with Gasteiger partial charge in [0.15, 0.2) is 5.75 Å². The molecular formula is C21H16N2O3. The Balaban J connectivity index is 1.69. The molecule has 0 fully saturated rings. The first-order valence-corrected chi connectivity index (χ1v) is 8.15. The average molecular weight is 344 g/mol. The standard InChI is InChI=1S/C21H16N2O3/c1-25-19-14-23(16-10-3-2-4-11-16)22-20(19)21(24)26-18-13-7-9-15-8-5-6-12-17(15)18/h2-14H,1H3. The minimum absolute atomic E-state index is 0.129. The van der Waals surface area contributed by atoms with Crippen molar-refractivity contribution in [3.05, 3.63) is 84.7 Å². The van der Waals surface area contributed by atoms with Crippen LogP contribution < -0.4 is 9.47 Å². The van der Waals surface area contributed by atoms with Gasteiger partial charge in [-0.1, -0.05) is 54.6 Å². The summed E-state index contributed by atoms with van der Waals surface area (Å²) < 4.78 is 12.5. The Kier molecular flexibility index (Phi) is 4.11. The first-order valence-electron chi connectivity index (χ1n) is 8.15. The van der Waals surface area contributed by atoms with Gasteiger partial charge < -0.3 is 9.47 Å². The fraction of sp³-hybridized carbons (Fsp3) is 0.0476. The Morgan fingerprint density at radius 1 is 0.885 bits per heavy atom. The van der Waals surface area contributed by atoms with E-state index in [9.17, 15) is 4.79 Å². The molecule has 0 radical (unpaired) electrons. The molecule has 0 amide bonds. The maximum Gasteiger partial charge on any atom is 0.368 e. The largest absolute Gasteiger partial charge is 0.493 e. The predicted molar refractivity (Wildman–Crippen MR) is 99.0 cm³/mol. The van der Waals surface area contributed by atoms with Gasteiger partial charge in [-0.15, -0.1) is 0 Å². The average Bonchev–Trinajstić information content (AvgIpc) is 3.14. The summed E-state index contributed by atoms with van der Waals surface area (Å²) in [6, 6.07) is 22.8. The second kappa shape index (κ2) is 6.72. The predicted octanol–water partition coefficient (Wildman–Crippen LogP) is 4.25. The van der Waals surface area contributed by atoms with Crippen LogP contribution in [-0.2, 0) is 0 Å². The summed E-state index contributed by atoms with van der Waals surface area (Å²) in [7, 11) is 1.50. The van der Waals surface area contributed by atoms with Crippen LogP contribution in [0, 0.1) is 0 Å². The zero-order valence-electron chi connectivity index (χ0n) is 14.1. The van der Waals surface area contributed by atoms with Gasteiger partial charge in [0.1, 0.15) is 5.75 Å². The van der Waals surface area contributed by atoms with Crippen molar-refractivity contribution in [1.82, 2.24) is 9.78 Å². The van der Waals surface area contributed by atoms with Gasteiger partial charge in [0.05, 0.1) is 19.0 Å². The molecule has 5 heteroatoms. The smallest absolute Gasteiger partial charge is 0.368 e. The molecule has 0 spiro atoms. The normalized spacial score (nSPS) is 10.7. The van der Waals surface area contributed by atoms with E-state index in [2.05, 4.69) is 5.10 Å². The quantitative estimate of drug-likeness (QED) is 0.410. The molecule has 4 aromatic rings. The molecule has 0 aliphatic carbocycles. The molecule has 0 N–H and O–H groups in total. The molecular weight excluding hydrogens is 328 g/mol. The molecule has 0 unspecified atom stereocenters. The Bertz CT molecular complexity index is 1070. The van der Waals surface area contributed by atoms with Crippen molar-refractivity contribution in [2.75, 3.05) is 7.11 Å². The summed E-state index contributed by atoms with van der Waals surface area (Å²) in [5.74, 6) is 0.288. The topological polar surface area (TPSA) is 53.4 Å². The summed E-state index contributed by atoms with van der Waals surface area (Å²) in [5.41, 5.74) is 0.958. The lowest BCUT2D eigenvalue weighted by atomic mass is 10.1. The number of nitrogens with zero attached hydrogens (tertiary/aromatic N) is 2. The number of ether oxygens (including phenoxy) is 2. The highest BCUT2D eigenvalue weighted by atomic mass is 16.5. The van der Waals surface area contributed by atoms with Crippen LogP contribution in [0.25, 0.3) is 16.5 Å². The van der Waals surface area contributed by atoms with Crippen molar-refractivity contribution in [2.24, 2.45) is 0 Å². The number of benzene rings is 3. The van der Waals surface area contributed by atoms with Crippen LogP contribution in [0.4, 0.5) is 0 Å². The fourth-order valence-electron chi connectivity index (χ4n) is 2.79. The molecule has 0 atom stereocenters. The third-order valence-corrected chi connectivity index (χ3v) is 4.07. The first-order chi connectivity index (χ1) is 12.8. The van der Waals surface area contributed by atoms with Crippen LogP contribution in [0.5, 0.6) is 11.5 Å². The lowest BCUT2D eigenvalue weighted by Gasteiger charge is -2.07. The number of hydrogen-bond acceptors (Lipinski definition) is 4. The third kappa shape index (κ3) is 2.91. The van der Waals surface area contributed by atoms with E-state index in [1.54, 1.807) is 16.9 Å². The Hall–Kier alpha value is -3.60. The molecule has 3 aromatic carbocycles. The fourth-order valence-corrected chi connectivity index (χ4v) is 2.79. The second-order valence-corrected chi connectivity index (χ2v) is 5.69. The van der Waals surface area contributed by atoms with Crippen molar-refractivity contribution in [3.8, 4) is 17.2 Å². The molecule has 5 nitrogen and oxygen atoms in total. The highest BCUT2D eigenvalue weighted by Crippen LogP contribution is 2.27. The zero-order chi connectivity index (χ0) is 17.9. The summed E-state index contributed by atoms with van der Waals surface area (Å²) in [6.07, 6.45) is 1.66. The molecule has 1 aromatic heterocycles. The van der Waals surface area contributed by atoms with Gasteiger partial charge in [-0.3, -0.25) is 0 Å². The molecule has 0 aliphatic rings. The highest BCUT2D eigenvalue weighted by Gasteiger charge is 2.21. The maximum absolute atomic E-state index is 12.7. The van der Waals surface area contributed by atoms with E-state index < -0.39 is 5.97 Å². The minimum Gasteiger partial charge on any atom is -0.493 e. The molecule has 128 valence electrons. The molecule has 1 heterocycles. The van der Waals surface area contributed by atoms with Gasteiger partial charge >= 0.3 is 5.97 Å². The molecule has 0 aliphatic heterocycles. The van der Waals surface area contributed by atoms with Crippen molar-refractivity contribution in [3.63, 3.8) is 0 Å². The van der Waals surface area contributed by atoms with Crippen LogP contribution >= 0.6 is 0 Å². The van der Waals surface area contributed by atoms with Gasteiger partial charge in [-0.25, -0.2) is 9.48 Å². The van der Waals surface area contributed by atoms with Crippen LogP contribution in [0.1, 0.15) is 10.5 Å². The SMILES string of the molecule is COc1cn(-c2ccccc2)nc1C(=O)Oc1cccc2ccccc12. The van der Waals surface area contributed by atoms with Crippen LogP contribution in [0.3, 0.4) is 0 Å². The van der Waals surface area contributed by atoms with E-state index in [1.807, 2.05) is 66.7 Å². The monoisotopic (exact) mass is 344 g/mol. The van der Waals surface area contributed by atoms with E-state index >= 15 is 0 Å². The van der Waals surface area contributed by atoms with E-state index in [0.29, 0.717) is 11.5 Å². The van der Waals surface area contributed by atoms with E-state index in [4.69, 9.17) is 9.47 Å². The second-order valence-electron chi connectivity index (χ2n) is 5.69. The molecule has 4 rings (SSSR count). The zero-order valence-corrected chi connectivity index (χ0v) is 14.1. The summed E-state index contributed by atoms with van der Waals surface area (Å²) in [4.78, 5) is 12.7. The first kappa shape index (κ1) is 15.9. The summed E-state index contributed by atoms with van der Waals surface area (Å²) in [6.45, 7) is 0. The van der Waals surface area contributed by atoms with Gasteiger partial charge in [-0.2, -0.15) is 5.10 Å². The Labute approximate surface area is 150 Å². The number of fused-ring (bicyclic) bond motifs is 1. The van der Waals surface area contributed by atoms with Gasteiger partial charge in [-0.05, 0) is 23.6 Å². The Morgan fingerprint density at radius 3 is 2.42 bits per heavy atom. The maximum atomic E-state index is 12.7. The third-order valence-electron chi connectivity index (χ3n) is 4.07. The van der Waals surface area contributed by atoms with E-state index in [-0.39, 0.29) is 5.69 Å². The van der Waals surface area contributed by atoms with Crippen molar-refractivity contribution >= 4 is 16.7 Å². The van der Waals surface area contributed by atoms with Crippen LogP contribution in [-0.4, -0.2) is 22.9 Å². The molecule has 0 bridgehead atoms. The van der Waals surface area contributed by atoms with E-state index in [1.165, 1.54) is 7.11 Å².